The van der Waals surface area contributed by atoms with Crippen LogP contribution in [0.3, 0.4) is 0 Å². The fraction of sp³-hybridized carbons (Fsp3) is 0.0667. The minimum atomic E-state index is -0.618. The molecule has 0 aliphatic rings. The van der Waals surface area contributed by atoms with E-state index in [0.29, 0.717) is 11.1 Å². The maximum atomic E-state index is 11.8. The maximum Gasteiger partial charge on any atom is 0.288 e. The monoisotopic (exact) mass is 362 g/mol. The Morgan fingerprint density at radius 2 is 1.80 bits per heavy atom. The fourth-order valence-electron chi connectivity index (χ4n) is 1.89. The molecule has 2 rings (SSSR count). The average Bonchev–Trinajstić information content (AvgIpc) is 2.56. The highest BCUT2D eigenvalue weighted by Crippen LogP contribution is 2.24. The zero-order valence-electron chi connectivity index (χ0n) is 12.6. The van der Waals surface area contributed by atoms with Crippen molar-refractivity contribution in [2.24, 2.45) is 5.10 Å². The second kappa shape index (κ2) is 7.97. The number of nitrogens with one attached hydrogen (secondary N) is 1. The maximum absolute atomic E-state index is 11.8. The summed E-state index contributed by atoms with van der Waals surface area (Å²) >= 11 is 5.70. The number of non-ortho nitro benzene ring substituents is 1. The first-order valence-electron chi connectivity index (χ1n) is 6.86. The number of hydrazone groups is 1. The number of carbonyl (C=O) groups excluding carboxylic acids is 1. The molecule has 0 bridgehead atoms. The molecular weight excluding hydrogens is 352 g/mol. The van der Waals surface area contributed by atoms with Gasteiger partial charge >= 0.3 is 0 Å². The van der Waals surface area contributed by atoms with Gasteiger partial charge < -0.3 is 0 Å². The third-order valence-electron chi connectivity index (χ3n) is 3.08. The summed E-state index contributed by atoms with van der Waals surface area (Å²) in [4.78, 5) is 32.0. The molecule has 128 valence electrons. The van der Waals surface area contributed by atoms with Gasteiger partial charge in [0.2, 0.25) is 5.91 Å². The van der Waals surface area contributed by atoms with E-state index < -0.39 is 15.8 Å². The first-order valence-corrected chi connectivity index (χ1v) is 7.24. The Bertz CT molecular complexity index is 852. The Kier molecular flexibility index (Phi) is 5.75. The number of nitro benzene ring substituents is 2. The van der Waals surface area contributed by atoms with E-state index in [4.69, 9.17) is 11.6 Å². The third-order valence-corrected chi connectivity index (χ3v) is 3.40. The first-order chi connectivity index (χ1) is 11.9. The summed E-state index contributed by atoms with van der Waals surface area (Å²) in [5.41, 5.74) is 2.93. The largest absolute Gasteiger partial charge is 0.288 e. The Morgan fingerprint density at radius 3 is 2.40 bits per heavy atom. The molecule has 0 unspecified atom stereocenters. The van der Waals surface area contributed by atoms with Gasteiger partial charge in [0.1, 0.15) is 5.02 Å². The van der Waals surface area contributed by atoms with Crippen LogP contribution in [0.1, 0.15) is 11.1 Å². The zero-order chi connectivity index (χ0) is 18.4. The van der Waals surface area contributed by atoms with Crippen molar-refractivity contribution in [1.29, 1.82) is 0 Å². The average molecular weight is 363 g/mol. The van der Waals surface area contributed by atoms with Crippen molar-refractivity contribution in [2.45, 2.75) is 6.42 Å². The second-order valence-electron chi connectivity index (χ2n) is 4.86. The number of amides is 1. The van der Waals surface area contributed by atoms with Gasteiger partial charge in [-0.1, -0.05) is 29.8 Å². The van der Waals surface area contributed by atoms with E-state index >= 15 is 0 Å². The van der Waals surface area contributed by atoms with Crippen LogP contribution in [0.4, 0.5) is 11.4 Å². The lowest BCUT2D eigenvalue weighted by Crippen LogP contribution is -2.19. The summed E-state index contributed by atoms with van der Waals surface area (Å²) in [6.45, 7) is 0. The Balaban J connectivity index is 1.95. The second-order valence-corrected chi connectivity index (χ2v) is 5.27. The Hall–Kier alpha value is -3.33. The van der Waals surface area contributed by atoms with Crippen LogP contribution in [-0.4, -0.2) is 22.0 Å². The van der Waals surface area contributed by atoms with Crippen molar-refractivity contribution in [2.75, 3.05) is 0 Å². The van der Waals surface area contributed by atoms with E-state index in [9.17, 15) is 25.0 Å². The van der Waals surface area contributed by atoms with Gasteiger partial charge in [0, 0.05) is 23.8 Å². The van der Waals surface area contributed by atoms with E-state index in [-0.39, 0.29) is 22.8 Å². The predicted octanol–water partition coefficient (Wildman–Crippen LogP) is 2.85. The Morgan fingerprint density at radius 1 is 1.12 bits per heavy atom. The molecule has 0 aliphatic carbocycles. The van der Waals surface area contributed by atoms with E-state index in [1.54, 1.807) is 0 Å². The quantitative estimate of drug-likeness (QED) is 0.480. The molecule has 9 nitrogen and oxygen atoms in total. The standard InChI is InChI=1S/C15H11ClN4O5/c16-13-6-3-11(7-14(13)20(24)25)9-17-18-15(21)8-10-1-4-12(5-2-10)19(22)23/h1-7,9H,8H2,(H,18,21)/b17-9-. The number of hydrogen-bond acceptors (Lipinski definition) is 6. The van der Waals surface area contributed by atoms with Crippen molar-refractivity contribution >= 4 is 35.1 Å². The van der Waals surface area contributed by atoms with Crippen LogP contribution < -0.4 is 5.43 Å². The molecule has 2 aromatic rings. The molecule has 2 aromatic carbocycles. The van der Waals surface area contributed by atoms with Crippen LogP contribution in [0.25, 0.3) is 0 Å². The van der Waals surface area contributed by atoms with Gasteiger partial charge in [-0.2, -0.15) is 5.10 Å². The molecule has 1 N–H and O–H groups in total. The number of hydrogen-bond donors (Lipinski definition) is 1. The lowest BCUT2D eigenvalue weighted by atomic mass is 10.1. The van der Waals surface area contributed by atoms with Crippen LogP contribution in [0, 0.1) is 20.2 Å². The Labute approximate surface area is 146 Å². The molecular formula is C15H11ClN4O5. The molecule has 0 spiro atoms. The molecule has 0 aromatic heterocycles. The van der Waals surface area contributed by atoms with Gasteiger partial charge in [0.15, 0.2) is 0 Å². The van der Waals surface area contributed by atoms with Crippen molar-refractivity contribution in [3.63, 3.8) is 0 Å². The molecule has 0 fully saturated rings. The van der Waals surface area contributed by atoms with E-state index in [1.807, 2.05) is 0 Å². The number of halogens is 1. The van der Waals surface area contributed by atoms with Crippen LogP contribution in [-0.2, 0) is 11.2 Å². The predicted molar refractivity (Wildman–Crippen MR) is 90.6 cm³/mol. The molecule has 0 radical (unpaired) electrons. The summed E-state index contributed by atoms with van der Waals surface area (Å²) < 4.78 is 0. The molecule has 10 heteroatoms. The van der Waals surface area contributed by atoms with Gasteiger partial charge in [0.25, 0.3) is 11.4 Å². The van der Waals surface area contributed by atoms with E-state index in [0.717, 1.165) is 0 Å². The molecule has 0 atom stereocenters. The van der Waals surface area contributed by atoms with Gasteiger partial charge in [-0.25, -0.2) is 5.43 Å². The van der Waals surface area contributed by atoms with Gasteiger partial charge in [-0.05, 0) is 11.6 Å². The normalized spacial score (nSPS) is 10.6. The van der Waals surface area contributed by atoms with Crippen molar-refractivity contribution in [3.05, 3.63) is 78.8 Å². The van der Waals surface area contributed by atoms with E-state index in [1.165, 1.54) is 48.7 Å². The van der Waals surface area contributed by atoms with Gasteiger partial charge in [-0.3, -0.25) is 25.0 Å². The number of nitrogens with zero attached hydrogens (tertiary/aromatic N) is 3. The molecule has 0 heterocycles. The summed E-state index contributed by atoms with van der Waals surface area (Å²) in [5, 5.41) is 25.1. The summed E-state index contributed by atoms with van der Waals surface area (Å²) in [5.74, 6) is -0.437. The molecule has 25 heavy (non-hydrogen) atoms. The minimum Gasteiger partial charge on any atom is -0.273 e. The van der Waals surface area contributed by atoms with Gasteiger partial charge in [-0.15, -0.1) is 0 Å². The molecule has 1 amide bonds. The van der Waals surface area contributed by atoms with E-state index in [2.05, 4.69) is 10.5 Å². The van der Waals surface area contributed by atoms with Crippen molar-refractivity contribution in [1.82, 2.24) is 5.43 Å². The van der Waals surface area contributed by atoms with Crippen LogP contribution in [0.15, 0.2) is 47.6 Å². The fourth-order valence-corrected chi connectivity index (χ4v) is 2.08. The topological polar surface area (TPSA) is 128 Å². The third kappa shape index (κ3) is 5.08. The van der Waals surface area contributed by atoms with Crippen molar-refractivity contribution in [3.8, 4) is 0 Å². The number of nitro groups is 2. The van der Waals surface area contributed by atoms with Crippen molar-refractivity contribution < 1.29 is 14.6 Å². The highest BCUT2D eigenvalue weighted by Gasteiger charge is 2.12. The molecule has 0 saturated carbocycles. The highest BCUT2D eigenvalue weighted by molar-refractivity contribution is 6.32. The van der Waals surface area contributed by atoms with Crippen LogP contribution >= 0.6 is 11.6 Å². The number of benzene rings is 2. The highest BCUT2D eigenvalue weighted by atomic mass is 35.5. The summed E-state index contributed by atoms with van der Waals surface area (Å²) in [6, 6.07) is 9.67. The lowest BCUT2D eigenvalue weighted by molar-refractivity contribution is -0.385. The molecule has 0 aliphatic heterocycles. The van der Waals surface area contributed by atoms with Gasteiger partial charge in [0.05, 0.1) is 22.5 Å². The number of carbonyl (C=O) groups is 1. The SMILES string of the molecule is O=C(Cc1ccc([N+](=O)[O-])cc1)N/N=C\c1ccc(Cl)c([N+](=O)[O-])c1. The molecule has 0 saturated heterocycles. The van der Waals surface area contributed by atoms with Crippen LogP contribution in [0.5, 0.6) is 0 Å². The summed E-state index contributed by atoms with van der Waals surface area (Å²) in [6.07, 6.45) is 1.23. The first kappa shape index (κ1) is 18.0. The smallest absolute Gasteiger partial charge is 0.273 e. The number of rotatable bonds is 6. The summed E-state index contributed by atoms with van der Waals surface area (Å²) in [7, 11) is 0. The lowest BCUT2D eigenvalue weighted by Gasteiger charge is -2.01. The zero-order valence-corrected chi connectivity index (χ0v) is 13.3. The minimum absolute atomic E-state index is 0.00403. The van der Waals surface area contributed by atoms with Crippen LogP contribution in [0.2, 0.25) is 5.02 Å².